The number of ether oxygens (including phenoxy) is 2. The number of hydrogen-bond acceptors (Lipinski definition) is 5. The molecule has 5 nitrogen and oxygen atoms in total. The minimum absolute atomic E-state index is 0.152. The molecule has 22 heavy (non-hydrogen) atoms. The van der Waals surface area contributed by atoms with E-state index in [9.17, 15) is 9.90 Å². The predicted octanol–water partition coefficient (Wildman–Crippen LogP) is 2.29. The van der Waals surface area contributed by atoms with E-state index in [0.29, 0.717) is 11.8 Å². The molecule has 0 bridgehead atoms. The number of likely N-dealkylation sites (tertiary alicyclic amines) is 1. The topological polar surface area (TPSA) is 59.0 Å². The van der Waals surface area contributed by atoms with Gasteiger partial charge in [-0.05, 0) is 44.9 Å². The van der Waals surface area contributed by atoms with E-state index in [1.54, 1.807) is 24.3 Å². The summed E-state index contributed by atoms with van der Waals surface area (Å²) in [7, 11) is 1.42. The third-order valence-corrected chi connectivity index (χ3v) is 4.31. The van der Waals surface area contributed by atoms with Crippen LogP contribution in [0.3, 0.4) is 0 Å². The van der Waals surface area contributed by atoms with Crippen LogP contribution in [0.5, 0.6) is 11.5 Å². The van der Waals surface area contributed by atoms with E-state index in [4.69, 9.17) is 9.47 Å². The van der Waals surface area contributed by atoms with Crippen LogP contribution in [0.2, 0.25) is 0 Å². The molecular weight excluding hydrogens is 282 g/mol. The number of rotatable bonds is 6. The molecule has 0 amide bonds. The summed E-state index contributed by atoms with van der Waals surface area (Å²) in [6.45, 7) is 6.49. The van der Waals surface area contributed by atoms with Crippen molar-refractivity contribution in [3.05, 3.63) is 24.3 Å². The van der Waals surface area contributed by atoms with Crippen molar-refractivity contribution in [3.63, 3.8) is 0 Å². The highest BCUT2D eigenvalue weighted by Gasteiger charge is 2.35. The van der Waals surface area contributed by atoms with Crippen molar-refractivity contribution in [3.8, 4) is 11.5 Å². The largest absolute Gasteiger partial charge is 0.508 e. The molecule has 0 spiro atoms. The maximum Gasteiger partial charge on any atom is 0.312 e. The van der Waals surface area contributed by atoms with E-state index < -0.39 is 0 Å². The molecule has 2 unspecified atom stereocenters. The standard InChI is InChI=1S/C17H25NO4/c1-12(2)18-8-7-13(10-18)16(17(20)21-3)11-22-15-6-4-5-14(19)9-15/h4-6,9,12-13,16,19H,7-8,10-11H2,1-3H3. The molecule has 1 aromatic rings. The summed E-state index contributed by atoms with van der Waals surface area (Å²) >= 11 is 0. The van der Waals surface area contributed by atoms with Gasteiger partial charge in [-0.2, -0.15) is 0 Å². The number of benzene rings is 1. The van der Waals surface area contributed by atoms with Crippen LogP contribution >= 0.6 is 0 Å². The Morgan fingerprint density at radius 2 is 2.23 bits per heavy atom. The molecule has 1 N–H and O–H groups in total. The normalized spacial score (nSPS) is 20.1. The van der Waals surface area contributed by atoms with Crippen molar-refractivity contribution in [2.75, 3.05) is 26.8 Å². The first-order chi connectivity index (χ1) is 10.5. The monoisotopic (exact) mass is 307 g/mol. The highest BCUT2D eigenvalue weighted by molar-refractivity contribution is 5.73. The lowest BCUT2D eigenvalue weighted by atomic mass is 9.92. The Morgan fingerprint density at radius 3 is 2.82 bits per heavy atom. The smallest absolute Gasteiger partial charge is 0.312 e. The second-order valence-corrected chi connectivity index (χ2v) is 6.08. The molecule has 122 valence electrons. The van der Waals surface area contributed by atoms with Crippen LogP contribution in [0.25, 0.3) is 0 Å². The minimum atomic E-state index is -0.281. The maximum absolute atomic E-state index is 12.1. The summed E-state index contributed by atoms with van der Waals surface area (Å²) in [6.07, 6.45) is 0.974. The van der Waals surface area contributed by atoms with Crippen LogP contribution in [0.15, 0.2) is 24.3 Å². The summed E-state index contributed by atoms with van der Waals surface area (Å²) in [5, 5.41) is 9.46. The van der Waals surface area contributed by atoms with Crippen LogP contribution in [0.4, 0.5) is 0 Å². The number of carbonyl (C=O) groups is 1. The number of esters is 1. The van der Waals surface area contributed by atoms with Gasteiger partial charge in [0.25, 0.3) is 0 Å². The summed E-state index contributed by atoms with van der Waals surface area (Å²) in [5.41, 5.74) is 0. The molecule has 0 saturated carbocycles. The van der Waals surface area contributed by atoms with Gasteiger partial charge in [0.1, 0.15) is 18.1 Å². The molecule has 1 aliphatic heterocycles. The summed E-state index contributed by atoms with van der Waals surface area (Å²) in [5.74, 6) is 0.450. The Labute approximate surface area is 131 Å². The fourth-order valence-electron chi connectivity index (χ4n) is 2.92. The zero-order valence-corrected chi connectivity index (χ0v) is 13.5. The second kappa shape index (κ2) is 7.49. The van der Waals surface area contributed by atoms with Gasteiger partial charge in [-0.25, -0.2) is 0 Å². The Morgan fingerprint density at radius 1 is 1.45 bits per heavy atom. The van der Waals surface area contributed by atoms with Crippen LogP contribution in [0, 0.1) is 11.8 Å². The zero-order chi connectivity index (χ0) is 16.1. The molecule has 2 atom stereocenters. The van der Waals surface area contributed by atoms with Gasteiger partial charge in [0.15, 0.2) is 0 Å². The number of carbonyl (C=O) groups excluding carboxylic acids is 1. The summed E-state index contributed by atoms with van der Waals surface area (Å²) < 4.78 is 10.6. The lowest BCUT2D eigenvalue weighted by Crippen LogP contribution is -2.34. The molecule has 0 aliphatic carbocycles. The molecular formula is C17H25NO4. The fourth-order valence-corrected chi connectivity index (χ4v) is 2.92. The minimum Gasteiger partial charge on any atom is -0.508 e. The molecule has 0 aromatic heterocycles. The molecule has 5 heteroatoms. The van der Waals surface area contributed by atoms with Crippen molar-refractivity contribution in [2.24, 2.45) is 11.8 Å². The van der Waals surface area contributed by atoms with Crippen LogP contribution in [-0.2, 0) is 9.53 Å². The first-order valence-electron chi connectivity index (χ1n) is 7.75. The van der Waals surface area contributed by atoms with E-state index in [1.165, 1.54) is 7.11 Å². The van der Waals surface area contributed by atoms with Crippen LogP contribution < -0.4 is 4.74 Å². The van der Waals surface area contributed by atoms with Crippen molar-refractivity contribution in [2.45, 2.75) is 26.3 Å². The number of phenols is 1. The average molecular weight is 307 g/mol. The first kappa shape index (κ1) is 16.6. The quantitative estimate of drug-likeness (QED) is 0.817. The zero-order valence-electron chi connectivity index (χ0n) is 13.5. The Bertz CT molecular complexity index is 503. The van der Waals surface area contributed by atoms with Crippen molar-refractivity contribution in [1.29, 1.82) is 0 Å². The molecule has 1 saturated heterocycles. The Hall–Kier alpha value is -1.75. The number of hydrogen-bond donors (Lipinski definition) is 1. The van der Waals surface area contributed by atoms with Gasteiger partial charge in [0.05, 0.1) is 13.0 Å². The second-order valence-electron chi connectivity index (χ2n) is 6.08. The van der Waals surface area contributed by atoms with E-state index in [2.05, 4.69) is 18.7 Å². The van der Waals surface area contributed by atoms with E-state index in [0.717, 1.165) is 19.5 Å². The van der Waals surface area contributed by atoms with Crippen molar-refractivity contribution in [1.82, 2.24) is 4.90 Å². The predicted molar refractivity (Wildman–Crippen MR) is 83.9 cm³/mol. The lowest BCUT2D eigenvalue weighted by molar-refractivity contribution is -0.148. The first-order valence-corrected chi connectivity index (χ1v) is 7.75. The highest BCUT2D eigenvalue weighted by Crippen LogP contribution is 2.28. The summed E-state index contributed by atoms with van der Waals surface area (Å²) in [4.78, 5) is 14.5. The number of aromatic hydroxyl groups is 1. The van der Waals surface area contributed by atoms with Crippen molar-refractivity contribution < 1.29 is 19.4 Å². The molecule has 0 radical (unpaired) electrons. The van der Waals surface area contributed by atoms with Gasteiger partial charge in [0, 0.05) is 18.7 Å². The van der Waals surface area contributed by atoms with E-state index in [1.807, 2.05) is 0 Å². The average Bonchev–Trinajstić information content (AvgIpc) is 2.97. The van der Waals surface area contributed by atoms with E-state index in [-0.39, 0.29) is 30.2 Å². The molecule has 1 fully saturated rings. The fraction of sp³-hybridized carbons (Fsp3) is 0.588. The van der Waals surface area contributed by atoms with Gasteiger partial charge in [-0.1, -0.05) is 6.07 Å². The van der Waals surface area contributed by atoms with Crippen LogP contribution in [0.1, 0.15) is 20.3 Å². The van der Waals surface area contributed by atoms with Gasteiger partial charge in [0.2, 0.25) is 0 Å². The van der Waals surface area contributed by atoms with Gasteiger partial charge in [-0.15, -0.1) is 0 Å². The molecule has 1 aromatic carbocycles. The Balaban J connectivity index is 2.00. The SMILES string of the molecule is COC(=O)C(COc1cccc(O)c1)C1CCN(C(C)C)C1. The number of phenolic OH excluding ortho intramolecular Hbond substituents is 1. The third-order valence-electron chi connectivity index (χ3n) is 4.31. The highest BCUT2D eigenvalue weighted by atomic mass is 16.5. The number of nitrogens with zero attached hydrogens (tertiary/aromatic N) is 1. The number of methoxy groups -OCH3 is 1. The van der Waals surface area contributed by atoms with E-state index >= 15 is 0 Å². The molecule has 1 aliphatic rings. The van der Waals surface area contributed by atoms with Gasteiger partial charge < -0.3 is 19.5 Å². The van der Waals surface area contributed by atoms with Gasteiger partial charge in [-0.3, -0.25) is 4.79 Å². The van der Waals surface area contributed by atoms with Gasteiger partial charge >= 0.3 is 5.97 Å². The maximum atomic E-state index is 12.1. The van der Waals surface area contributed by atoms with Crippen molar-refractivity contribution >= 4 is 5.97 Å². The third kappa shape index (κ3) is 4.13. The summed E-state index contributed by atoms with van der Waals surface area (Å²) in [6, 6.07) is 7.10. The molecule has 2 rings (SSSR count). The Kier molecular flexibility index (Phi) is 5.66. The lowest BCUT2D eigenvalue weighted by Gasteiger charge is -2.24. The van der Waals surface area contributed by atoms with Crippen LogP contribution in [-0.4, -0.2) is 48.8 Å². The molecule has 1 heterocycles.